The topological polar surface area (TPSA) is 0 Å². The Morgan fingerprint density at radius 1 is 0.633 bits per heavy atom. The summed E-state index contributed by atoms with van der Waals surface area (Å²) in [7, 11) is 0. The van der Waals surface area contributed by atoms with Gasteiger partial charge in [0.2, 0.25) is 0 Å². The molecule has 0 aromatic heterocycles. The molecule has 0 saturated heterocycles. The third-order valence-corrected chi connectivity index (χ3v) is 8.98. The maximum Gasteiger partial charge on any atom is -0.0264 e. The molecule has 180 valence electrons. The van der Waals surface area contributed by atoms with E-state index in [0.29, 0.717) is 5.41 Å². The fourth-order valence-electron chi connectivity index (χ4n) is 6.79. The van der Waals surface area contributed by atoms with Crippen LogP contribution in [0.2, 0.25) is 0 Å². The van der Waals surface area contributed by atoms with E-state index in [-0.39, 0.29) is 0 Å². The third-order valence-electron chi connectivity index (χ3n) is 8.98. The van der Waals surface area contributed by atoms with Crippen LogP contribution in [0.15, 0.2) is 0 Å². The Morgan fingerprint density at radius 3 is 1.53 bits per heavy atom. The van der Waals surface area contributed by atoms with Gasteiger partial charge in [0.15, 0.2) is 0 Å². The van der Waals surface area contributed by atoms with Crippen molar-refractivity contribution in [3.05, 3.63) is 0 Å². The average molecular weight is 421 g/mol. The van der Waals surface area contributed by atoms with Gasteiger partial charge in [-0.3, -0.25) is 0 Å². The Balaban J connectivity index is 3.07. The van der Waals surface area contributed by atoms with Crippen LogP contribution in [0, 0.1) is 29.1 Å². The minimum absolute atomic E-state index is 0.667. The first-order chi connectivity index (χ1) is 14.6. The molecule has 0 radical (unpaired) electrons. The van der Waals surface area contributed by atoms with Crippen molar-refractivity contribution in [1.82, 2.24) is 0 Å². The van der Waals surface area contributed by atoms with Gasteiger partial charge in [-0.15, -0.1) is 0 Å². The van der Waals surface area contributed by atoms with Crippen molar-refractivity contribution >= 4 is 0 Å². The molecule has 0 amide bonds. The largest absolute Gasteiger partial charge is 0.0654 e. The van der Waals surface area contributed by atoms with Crippen LogP contribution >= 0.6 is 0 Å². The highest BCUT2D eigenvalue weighted by Crippen LogP contribution is 2.54. The first-order valence-corrected chi connectivity index (χ1v) is 14.6. The molecule has 1 aliphatic carbocycles. The molecule has 0 heterocycles. The Morgan fingerprint density at radius 2 is 1.10 bits per heavy atom. The van der Waals surface area contributed by atoms with Gasteiger partial charge in [-0.2, -0.15) is 0 Å². The van der Waals surface area contributed by atoms with E-state index in [2.05, 4.69) is 41.5 Å². The summed E-state index contributed by atoms with van der Waals surface area (Å²) in [4.78, 5) is 0. The summed E-state index contributed by atoms with van der Waals surface area (Å²) in [5, 5.41) is 0. The van der Waals surface area contributed by atoms with Crippen LogP contribution in [0.25, 0.3) is 0 Å². The van der Waals surface area contributed by atoms with Crippen LogP contribution in [0.4, 0.5) is 0 Å². The lowest BCUT2D eigenvalue weighted by atomic mass is 9.56. The van der Waals surface area contributed by atoms with Gasteiger partial charge in [-0.25, -0.2) is 0 Å². The van der Waals surface area contributed by atoms with Gasteiger partial charge in [0.1, 0.15) is 0 Å². The lowest BCUT2D eigenvalue weighted by molar-refractivity contribution is 0.0137. The first-order valence-electron chi connectivity index (χ1n) is 14.6. The Labute approximate surface area is 192 Å². The van der Waals surface area contributed by atoms with Gasteiger partial charge < -0.3 is 0 Å². The highest BCUT2D eigenvalue weighted by molar-refractivity contribution is 4.93. The summed E-state index contributed by atoms with van der Waals surface area (Å²) in [6, 6.07) is 0. The van der Waals surface area contributed by atoms with Crippen LogP contribution in [0.3, 0.4) is 0 Å². The second kappa shape index (κ2) is 16.6. The molecule has 4 atom stereocenters. The zero-order valence-corrected chi connectivity index (χ0v) is 22.2. The molecular weight excluding hydrogens is 360 g/mol. The molecule has 0 aliphatic heterocycles. The normalized spacial score (nSPS) is 25.2. The molecule has 0 aromatic rings. The quantitative estimate of drug-likeness (QED) is 0.207. The van der Waals surface area contributed by atoms with Gasteiger partial charge in [0.25, 0.3) is 0 Å². The summed E-state index contributed by atoms with van der Waals surface area (Å²) < 4.78 is 0. The minimum Gasteiger partial charge on any atom is -0.0654 e. The Kier molecular flexibility index (Phi) is 15.5. The molecule has 0 nitrogen and oxygen atoms in total. The van der Waals surface area contributed by atoms with E-state index in [0.717, 1.165) is 23.7 Å². The van der Waals surface area contributed by atoms with Crippen LogP contribution in [-0.2, 0) is 0 Å². The van der Waals surface area contributed by atoms with E-state index in [1.165, 1.54) is 96.3 Å². The molecule has 0 N–H and O–H groups in total. The molecule has 1 rings (SSSR count). The van der Waals surface area contributed by atoms with Crippen molar-refractivity contribution in [2.24, 2.45) is 29.1 Å². The second-order valence-corrected chi connectivity index (χ2v) is 11.2. The van der Waals surface area contributed by atoms with Crippen molar-refractivity contribution in [1.29, 1.82) is 0 Å². The van der Waals surface area contributed by atoms with Gasteiger partial charge in [0, 0.05) is 0 Å². The smallest absolute Gasteiger partial charge is 0.0264 e. The molecule has 0 spiro atoms. The van der Waals surface area contributed by atoms with Gasteiger partial charge >= 0.3 is 0 Å². The van der Waals surface area contributed by atoms with E-state index in [4.69, 9.17) is 0 Å². The summed E-state index contributed by atoms with van der Waals surface area (Å²) >= 11 is 0. The minimum atomic E-state index is 0.667. The van der Waals surface area contributed by atoms with Crippen LogP contribution < -0.4 is 0 Å². The Hall–Kier alpha value is 0. The lowest BCUT2D eigenvalue weighted by Crippen LogP contribution is -2.39. The average Bonchev–Trinajstić information content (AvgIpc) is 2.78. The molecule has 30 heavy (non-hydrogen) atoms. The van der Waals surface area contributed by atoms with Crippen molar-refractivity contribution < 1.29 is 0 Å². The monoisotopic (exact) mass is 420 g/mol. The Bertz CT molecular complexity index is 365. The SMILES string of the molecule is CCCCC(CC)CC1CCCCC1(CC(CC)CCCC)CC(CC)CCCC. The predicted molar refractivity (Wildman–Crippen MR) is 138 cm³/mol. The fourth-order valence-corrected chi connectivity index (χ4v) is 6.79. The van der Waals surface area contributed by atoms with Crippen molar-refractivity contribution in [2.75, 3.05) is 0 Å². The van der Waals surface area contributed by atoms with E-state index >= 15 is 0 Å². The maximum absolute atomic E-state index is 2.48. The van der Waals surface area contributed by atoms with E-state index in [1.807, 2.05) is 0 Å². The van der Waals surface area contributed by atoms with Gasteiger partial charge in [-0.1, -0.05) is 131 Å². The lowest BCUT2D eigenvalue weighted by Gasteiger charge is -2.49. The van der Waals surface area contributed by atoms with Crippen LogP contribution in [0.1, 0.15) is 164 Å². The number of hydrogen-bond acceptors (Lipinski definition) is 0. The van der Waals surface area contributed by atoms with E-state index in [1.54, 1.807) is 25.7 Å². The van der Waals surface area contributed by atoms with E-state index in [9.17, 15) is 0 Å². The number of hydrogen-bond donors (Lipinski definition) is 0. The zero-order chi connectivity index (χ0) is 22.2. The van der Waals surface area contributed by atoms with Crippen molar-refractivity contribution in [3.63, 3.8) is 0 Å². The van der Waals surface area contributed by atoms with Crippen molar-refractivity contribution in [3.8, 4) is 0 Å². The molecule has 1 aliphatic rings. The number of unbranched alkanes of at least 4 members (excludes halogenated alkanes) is 3. The molecular formula is C30H60. The van der Waals surface area contributed by atoms with Crippen LogP contribution in [-0.4, -0.2) is 0 Å². The molecule has 0 bridgehead atoms. The highest BCUT2D eigenvalue weighted by Gasteiger charge is 2.43. The predicted octanol–water partition coefficient (Wildman–Crippen LogP) is 11.0. The maximum atomic E-state index is 2.48. The molecule has 1 saturated carbocycles. The van der Waals surface area contributed by atoms with E-state index < -0.39 is 0 Å². The zero-order valence-electron chi connectivity index (χ0n) is 22.2. The summed E-state index contributed by atoms with van der Waals surface area (Å²) in [5.41, 5.74) is 0.667. The highest BCUT2D eigenvalue weighted by atomic mass is 14.5. The first kappa shape index (κ1) is 28.0. The molecule has 0 aromatic carbocycles. The summed E-state index contributed by atoms with van der Waals surface area (Å²) in [6.45, 7) is 14.6. The fraction of sp³-hybridized carbons (Fsp3) is 1.00. The third kappa shape index (κ3) is 9.65. The second-order valence-electron chi connectivity index (χ2n) is 11.2. The standard InChI is InChI=1S/C30H60/c1-7-13-18-26(10-4)23-29-21-16-17-22-30(29,24-27(11-5)19-14-8-2)25-28(12-6)20-15-9-3/h26-29H,7-25H2,1-6H3. The molecule has 0 heteroatoms. The van der Waals surface area contributed by atoms with Crippen LogP contribution in [0.5, 0.6) is 0 Å². The summed E-state index contributed by atoms with van der Waals surface area (Å²) in [6.07, 6.45) is 27.9. The number of rotatable bonds is 18. The molecule has 1 fully saturated rings. The summed E-state index contributed by atoms with van der Waals surface area (Å²) in [5.74, 6) is 3.95. The van der Waals surface area contributed by atoms with Crippen molar-refractivity contribution in [2.45, 2.75) is 164 Å². The molecule has 4 unspecified atom stereocenters. The van der Waals surface area contributed by atoms with Gasteiger partial charge in [0.05, 0.1) is 0 Å². The van der Waals surface area contributed by atoms with Gasteiger partial charge in [-0.05, 0) is 61.2 Å².